The van der Waals surface area contributed by atoms with Crippen LogP contribution in [0.1, 0.15) is 45.7 Å². The van der Waals surface area contributed by atoms with Gasteiger partial charge in [0.1, 0.15) is 0 Å². The van der Waals surface area contributed by atoms with E-state index in [-0.39, 0.29) is 18.5 Å². The standard InChI is InChI=1S/C23H27NO4/c1-16-6-8-19(9-7-16)10-11-23(26)28-15-22(25)21-13-17(2)24(18(21)3)14-20-5-4-12-27-20/h6-11,13,20H,4-5,12,14-15H2,1-3H3/b11-10+/t20-/m0/s1. The predicted octanol–water partition coefficient (Wildman–Crippen LogP) is 4.03. The average molecular weight is 381 g/mol. The molecule has 0 bridgehead atoms. The molecule has 5 nitrogen and oxygen atoms in total. The number of ether oxygens (including phenoxy) is 2. The Morgan fingerprint density at radius 1 is 1.21 bits per heavy atom. The molecule has 0 aliphatic carbocycles. The molecule has 1 aromatic heterocycles. The minimum atomic E-state index is -0.526. The summed E-state index contributed by atoms with van der Waals surface area (Å²) >= 11 is 0. The van der Waals surface area contributed by atoms with E-state index in [1.807, 2.05) is 51.1 Å². The van der Waals surface area contributed by atoms with Gasteiger partial charge in [0, 0.05) is 36.2 Å². The smallest absolute Gasteiger partial charge is 0.331 e. The second-order valence-electron chi connectivity index (χ2n) is 7.31. The summed E-state index contributed by atoms with van der Waals surface area (Å²) in [6.07, 6.45) is 5.36. The van der Waals surface area contributed by atoms with E-state index in [2.05, 4.69) is 4.57 Å². The lowest BCUT2D eigenvalue weighted by Crippen LogP contribution is -2.18. The molecule has 1 atom stereocenters. The third-order valence-electron chi connectivity index (χ3n) is 5.12. The predicted molar refractivity (Wildman–Crippen MR) is 108 cm³/mol. The number of Topliss-reactive ketones (excluding diaryl/α,β-unsaturated/α-hetero) is 1. The van der Waals surface area contributed by atoms with Gasteiger partial charge in [-0.1, -0.05) is 29.8 Å². The molecule has 148 valence electrons. The van der Waals surface area contributed by atoms with Gasteiger partial charge in [0.05, 0.1) is 6.10 Å². The first kappa shape index (κ1) is 20.1. The van der Waals surface area contributed by atoms with Gasteiger partial charge in [-0.15, -0.1) is 0 Å². The minimum Gasteiger partial charge on any atom is -0.454 e. The lowest BCUT2D eigenvalue weighted by molar-refractivity contribution is -0.136. The normalized spacial score (nSPS) is 16.6. The number of hydrogen-bond donors (Lipinski definition) is 0. The summed E-state index contributed by atoms with van der Waals surface area (Å²) in [5.41, 5.74) is 4.57. The maximum absolute atomic E-state index is 12.5. The molecule has 0 radical (unpaired) electrons. The van der Waals surface area contributed by atoms with Crippen LogP contribution >= 0.6 is 0 Å². The lowest BCUT2D eigenvalue weighted by atomic mass is 10.1. The van der Waals surface area contributed by atoms with Crippen molar-refractivity contribution < 1.29 is 19.1 Å². The van der Waals surface area contributed by atoms with Crippen LogP contribution in [0.25, 0.3) is 6.08 Å². The highest BCUT2D eigenvalue weighted by molar-refractivity contribution is 6.00. The summed E-state index contributed by atoms with van der Waals surface area (Å²) in [6.45, 7) is 7.21. The van der Waals surface area contributed by atoms with Crippen LogP contribution in [0.3, 0.4) is 0 Å². The molecule has 0 spiro atoms. The number of benzene rings is 1. The first-order chi connectivity index (χ1) is 13.4. The maximum atomic E-state index is 12.5. The zero-order chi connectivity index (χ0) is 20.1. The molecule has 1 aliphatic heterocycles. The fraction of sp³-hybridized carbons (Fsp3) is 0.391. The van der Waals surface area contributed by atoms with Crippen molar-refractivity contribution in [1.82, 2.24) is 4.57 Å². The Balaban J connectivity index is 1.57. The van der Waals surface area contributed by atoms with Gasteiger partial charge in [-0.2, -0.15) is 0 Å². The first-order valence-corrected chi connectivity index (χ1v) is 9.67. The summed E-state index contributed by atoms with van der Waals surface area (Å²) in [4.78, 5) is 24.5. The highest BCUT2D eigenvalue weighted by Crippen LogP contribution is 2.20. The van der Waals surface area contributed by atoms with Crippen molar-refractivity contribution in [3.05, 3.63) is 64.5 Å². The Labute approximate surface area is 166 Å². The topological polar surface area (TPSA) is 57.5 Å². The molecule has 1 aromatic carbocycles. The Bertz CT molecular complexity index is 871. The molecule has 1 aliphatic rings. The van der Waals surface area contributed by atoms with Crippen molar-refractivity contribution in [3.63, 3.8) is 0 Å². The van der Waals surface area contributed by atoms with E-state index in [0.29, 0.717) is 5.56 Å². The van der Waals surface area contributed by atoms with Crippen molar-refractivity contribution in [1.29, 1.82) is 0 Å². The Kier molecular flexibility index (Phi) is 6.47. The van der Waals surface area contributed by atoms with E-state index >= 15 is 0 Å². The molecular weight excluding hydrogens is 354 g/mol. The number of esters is 1. The van der Waals surface area contributed by atoms with Crippen molar-refractivity contribution in [2.45, 2.75) is 46.3 Å². The van der Waals surface area contributed by atoms with E-state index < -0.39 is 5.97 Å². The van der Waals surface area contributed by atoms with Gasteiger partial charge in [0.15, 0.2) is 6.61 Å². The zero-order valence-electron chi connectivity index (χ0n) is 16.7. The fourth-order valence-corrected chi connectivity index (χ4v) is 3.46. The van der Waals surface area contributed by atoms with Crippen LogP contribution in [0.15, 0.2) is 36.4 Å². The molecule has 5 heteroatoms. The molecule has 0 unspecified atom stereocenters. The summed E-state index contributed by atoms with van der Waals surface area (Å²) in [5, 5.41) is 0. The van der Waals surface area contributed by atoms with E-state index in [1.165, 1.54) is 6.08 Å². The molecule has 2 heterocycles. The molecular formula is C23H27NO4. The van der Waals surface area contributed by atoms with Gasteiger partial charge in [-0.3, -0.25) is 4.79 Å². The van der Waals surface area contributed by atoms with E-state index in [0.717, 1.165) is 48.5 Å². The zero-order valence-corrected chi connectivity index (χ0v) is 16.7. The molecule has 1 saturated heterocycles. The highest BCUT2D eigenvalue weighted by Gasteiger charge is 2.21. The maximum Gasteiger partial charge on any atom is 0.331 e. The van der Waals surface area contributed by atoms with E-state index in [4.69, 9.17) is 9.47 Å². The first-order valence-electron chi connectivity index (χ1n) is 9.67. The molecule has 2 aromatic rings. The second kappa shape index (κ2) is 9.02. The second-order valence-corrected chi connectivity index (χ2v) is 7.31. The van der Waals surface area contributed by atoms with Gasteiger partial charge in [0.25, 0.3) is 0 Å². The molecule has 28 heavy (non-hydrogen) atoms. The highest BCUT2D eigenvalue weighted by atomic mass is 16.5. The third-order valence-corrected chi connectivity index (χ3v) is 5.12. The van der Waals surface area contributed by atoms with Gasteiger partial charge >= 0.3 is 5.97 Å². The number of ketones is 1. The van der Waals surface area contributed by atoms with Crippen LogP contribution in [-0.2, 0) is 20.8 Å². The van der Waals surface area contributed by atoms with Crippen molar-refractivity contribution >= 4 is 17.8 Å². The molecule has 0 N–H and O–H groups in total. The summed E-state index contributed by atoms with van der Waals surface area (Å²) in [6, 6.07) is 9.66. The molecule has 0 amide bonds. The van der Waals surface area contributed by atoms with Crippen LogP contribution in [0.2, 0.25) is 0 Å². The van der Waals surface area contributed by atoms with Gasteiger partial charge in [-0.05, 0) is 51.3 Å². The third kappa shape index (κ3) is 4.98. The minimum absolute atomic E-state index is 0.191. The lowest BCUT2D eigenvalue weighted by Gasteiger charge is -2.14. The fourth-order valence-electron chi connectivity index (χ4n) is 3.46. The van der Waals surface area contributed by atoms with Crippen molar-refractivity contribution in [2.75, 3.05) is 13.2 Å². The number of aromatic nitrogens is 1. The van der Waals surface area contributed by atoms with Crippen LogP contribution in [-0.4, -0.2) is 35.6 Å². The van der Waals surface area contributed by atoms with Crippen molar-refractivity contribution in [3.8, 4) is 0 Å². The SMILES string of the molecule is Cc1ccc(/C=C/C(=O)OCC(=O)c2cc(C)n(C[C@@H]3CCCO3)c2C)cc1. The summed E-state index contributed by atoms with van der Waals surface area (Å²) in [5.74, 6) is -0.717. The number of carbonyl (C=O) groups excluding carboxylic acids is 2. The number of nitrogens with zero attached hydrogens (tertiary/aromatic N) is 1. The number of hydrogen-bond acceptors (Lipinski definition) is 4. The molecule has 1 fully saturated rings. The average Bonchev–Trinajstić information content (AvgIpc) is 3.29. The Morgan fingerprint density at radius 3 is 2.64 bits per heavy atom. The largest absolute Gasteiger partial charge is 0.454 e. The quantitative estimate of drug-likeness (QED) is 0.413. The summed E-state index contributed by atoms with van der Waals surface area (Å²) in [7, 11) is 0. The molecule has 3 rings (SSSR count). The van der Waals surface area contributed by atoms with Crippen LogP contribution in [0, 0.1) is 20.8 Å². The van der Waals surface area contributed by atoms with Crippen LogP contribution < -0.4 is 0 Å². The number of aryl methyl sites for hydroxylation is 2. The van der Waals surface area contributed by atoms with E-state index in [9.17, 15) is 9.59 Å². The molecule has 0 saturated carbocycles. The number of rotatable bonds is 7. The van der Waals surface area contributed by atoms with Gasteiger partial charge < -0.3 is 14.0 Å². The monoisotopic (exact) mass is 381 g/mol. The van der Waals surface area contributed by atoms with Crippen LogP contribution in [0.5, 0.6) is 0 Å². The summed E-state index contributed by atoms with van der Waals surface area (Å²) < 4.78 is 12.9. The Morgan fingerprint density at radius 2 is 1.96 bits per heavy atom. The van der Waals surface area contributed by atoms with Crippen LogP contribution in [0.4, 0.5) is 0 Å². The Hall–Kier alpha value is -2.66. The van der Waals surface area contributed by atoms with Crippen molar-refractivity contribution in [2.24, 2.45) is 0 Å². The van der Waals surface area contributed by atoms with Gasteiger partial charge in [0.2, 0.25) is 5.78 Å². The van der Waals surface area contributed by atoms with Gasteiger partial charge in [-0.25, -0.2) is 4.79 Å². The number of carbonyl (C=O) groups is 2. The van der Waals surface area contributed by atoms with E-state index in [1.54, 1.807) is 6.08 Å².